The lowest BCUT2D eigenvalue weighted by Crippen LogP contribution is -2.01. The Kier molecular flexibility index (Phi) is 6.29. The third-order valence-corrected chi connectivity index (χ3v) is 4.32. The molecule has 5 nitrogen and oxygen atoms in total. The first-order valence-corrected chi connectivity index (χ1v) is 8.91. The number of hydrogen-bond acceptors (Lipinski definition) is 4. The smallest absolute Gasteiger partial charge is 0.335 e. The number of benzene rings is 3. The number of rotatable bonds is 7. The van der Waals surface area contributed by atoms with Crippen LogP contribution in [0.4, 0.5) is 0 Å². The fourth-order valence-corrected chi connectivity index (χ4v) is 2.81. The molecule has 0 saturated heterocycles. The molecule has 0 spiro atoms. The molecule has 144 valence electrons. The number of nitriles is 1. The summed E-state index contributed by atoms with van der Waals surface area (Å²) in [6, 6.07) is 23.6. The van der Waals surface area contributed by atoms with E-state index in [0.717, 1.165) is 11.1 Å². The van der Waals surface area contributed by atoms with E-state index in [9.17, 15) is 10.1 Å². The van der Waals surface area contributed by atoms with Crippen LogP contribution in [0, 0.1) is 11.3 Å². The molecule has 0 radical (unpaired) electrons. The summed E-state index contributed by atoms with van der Waals surface area (Å²) in [6.45, 7) is 0.230. The van der Waals surface area contributed by atoms with Crippen molar-refractivity contribution in [2.24, 2.45) is 0 Å². The van der Waals surface area contributed by atoms with E-state index in [4.69, 9.17) is 14.6 Å². The van der Waals surface area contributed by atoms with E-state index in [1.165, 1.54) is 12.1 Å². The zero-order valence-corrected chi connectivity index (χ0v) is 15.8. The highest BCUT2D eigenvalue weighted by Crippen LogP contribution is 2.34. The molecule has 3 aromatic carbocycles. The lowest BCUT2D eigenvalue weighted by Gasteiger charge is -2.14. The predicted octanol–water partition coefficient (Wildman–Crippen LogP) is 5.04. The highest BCUT2D eigenvalue weighted by atomic mass is 16.5. The number of ether oxygens (including phenoxy) is 2. The van der Waals surface area contributed by atoms with Gasteiger partial charge in [-0.15, -0.1) is 0 Å². The minimum Gasteiger partial charge on any atom is -0.493 e. The van der Waals surface area contributed by atoms with Crippen molar-refractivity contribution in [3.63, 3.8) is 0 Å². The Morgan fingerprint density at radius 1 is 1.00 bits per heavy atom. The fraction of sp³-hybridized carbons (Fsp3) is 0.0833. The molecule has 0 aliphatic carbocycles. The van der Waals surface area contributed by atoms with Crippen molar-refractivity contribution in [2.75, 3.05) is 7.11 Å². The Hall–Kier alpha value is -4.04. The minimum atomic E-state index is -0.973. The van der Waals surface area contributed by atoms with Gasteiger partial charge in [0.1, 0.15) is 6.61 Å². The van der Waals surface area contributed by atoms with Crippen LogP contribution in [0.1, 0.15) is 27.0 Å². The van der Waals surface area contributed by atoms with Gasteiger partial charge in [0, 0.05) is 5.56 Å². The number of para-hydroxylation sites is 1. The van der Waals surface area contributed by atoms with Gasteiger partial charge in [-0.25, -0.2) is 4.79 Å². The summed E-state index contributed by atoms with van der Waals surface area (Å²) < 4.78 is 11.4. The molecule has 0 saturated carbocycles. The first kappa shape index (κ1) is 19.7. The molecule has 0 aliphatic rings. The second kappa shape index (κ2) is 9.25. The highest BCUT2D eigenvalue weighted by molar-refractivity contribution is 5.91. The van der Waals surface area contributed by atoms with Gasteiger partial charge in [-0.2, -0.15) is 5.26 Å². The van der Waals surface area contributed by atoms with Gasteiger partial charge >= 0.3 is 5.97 Å². The number of allylic oxidation sites excluding steroid dienone is 1. The summed E-state index contributed by atoms with van der Waals surface area (Å²) in [5.74, 6) is 0.0896. The van der Waals surface area contributed by atoms with E-state index in [0.29, 0.717) is 22.6 Å². The Bertz CT molecular complexity index is 1060. The van der Waals surface area contributed by atoms with Crippen LogP contribution >= 0.6 is 0 Å². The lowest BCUT2D eigenvalue weighted by atomic mass is 10.0. The van der Waals surface area contributed by atoms with Crippen molar-refractivity contribution >= 4 is 17.6 Å². The number of aromatic carboxylic acids is 1. The summed E-state index contributed by atoms with van der Waals surface area (Å²) in [6.07, 6.45) is 1.76. The van der Waals surface area contributed by atoms with E-state index in [2.05, 4.69) is 6.07 Å². The summed E-state index contributed by atoms with van der Waals surface area (Å²) in [7, 11) is 1.56. The van der Waals surface area contributed by atoms with Crippen molar-refractivity contribution in [2.45, 2.75) is 6.61 Å². The average molecular weight is 385 g/mol. The molecule has 5 heteroatoms. The van der Waals surface area contributed by atoms with Crippen molar-refractivity contribution in [3.8, 4) is 17.6 Å². The maximum Gasteiger partial charge on any atom is 0.335 e. The van der Waals surface area contributed by atoms with Gasteiger partial charge in [0.2, 0.25) is 0 Å². The molecule has 0 bridgehead atoms. The molecule has 29 heavy (non-hydrogen) atoms. The molecule has 0 aromatic heterocycles. The number of hydrogen-bond donors (Lipinski definition) is 1. The summed E-state index contributed by atoms with van der Waals surface area (Å²) >= 11 is 0. The van der Waals surface area contributed by atoms with Gasteiger partial charge in [-0.05, 0) is 35.4 Å². The second-order valence-electron chi connectivity index (χ2n) is 6.21. The molecular weight excluding hydrogens is 366 g/mol. The van der Waals surface area contributed by atoms with E-state index >= 15 is 0 Å². The summed E-state index contributed by atoms with van der Waals surface area (Å²) in [5.41, 5.74) is 3.07. The van der Waals surface area contributed by atoms with Gasteiger partial charge < -0.3 is 14.6 Å². The first-order valence-electron chi connectivity index (χ1n) is 8.91. The highest BCUT2D eigenvalue weighted by Gasteiger charge is 2.12. The SMILES string of the molecule is COc1cccc(/C=C(\C#N)c2ccccc2)c1OCc1ccc(C(=O)O)cc1. The largest absolute Gasteiger partial charge is 0.493 e. The number of carboxylic acids is 1. The molecule has 0 heterocycles. The topological polar surface area (TPSA) is 79.5 Å². The molecule has 0 unspecified atom stereocenters. The van der Waals surface area contributed by atoms with Crippen LogP contribution in [0.2, 0.25) is 0 Å². The predicted molar refractivity (Wildman–Crippen MR) is 111 cm³/mol. The Morgan fingerprint density at radius 2 is 1.72 bits per heavy atom. The van der Waals surface area contributed by atoms with Crippen molar-refractivity contribution < 1.29 is 19.4 Å². The van der Waals surface area contributed by atoms with Gasteiger partial charge in [0.15, 0.2) is 11.5 Å². The molecule has 3 rings (SSSR count). The molecule has 1 N–H and O–H groups in total. The number of nitrogens with zero attached hydrogens (tertiary/aromatic N) is 1. The monoisotopic (exact) mass is 385 g/mol. The Morgan fingerprint density at radius 3 is 2.34 bits per heavy atom. The molecule has 0 amide bonds. The molecule has 0 fully saturated rings. The third kappa shape index (κ3) is 4.82. The first-order chi connectivity index (χ1) is 14.1. The van der Waals surface area contributed by atoms with Crippen LogP contribution < -0.4 is 9.47 Å². The van der Waals surface area contributed by atoms with E-state index < -0.39 is 5.97 Å². The zero-order valence-electron chi connectivity index (χ0n) is 15.8. The van der Waals surface area contributed by atoms with Crippen molar-refractivity contribution in [3.05, 3.63) is 95.1 Å². The maximum absolute atomic E-state index is 11.0. The van der Waals surface area contributed by atoms with Crippen LogP contribution in [0.3, 0.4) is 0 Å². The van der Waals surface area contributed by atoms with E-state index in [1.807, 2.05) is 42.5 Å². The van der Waals surface area contributed by atoms with Crippen LogP contribution in [-0.2, 0) is 6.61 Å². The van der Waals surface area contributed by atoms with Gasteiger partial charge in [0.05, 0.1) is 24.3 Å². The second-order valence-corrected chi connectivity index (χ2v) is 6.21. The lowest BCUT2D eigenvalue weighted by molar-refractivity contribution is 0.0697. The molecule has 0 aliphatic heterocycles. The standard InChI is InChI=1S/C24H19NO4/c1-28-22-9-5-8-20(14-21(15-25)18-6-3-2-4-7-18)23(22)29-16-17-10-12-19(13-11-17)24(26)27/h2-14H,16H2,1H3,(H,26,27)/b21-14+. The minimum absolute atomic E-state index is 0.219. The molecule has 3 aromatic rings. The summed E-state index contributed by atoms with van der Waals surface area (Å²) in [4.78, 5) is 11.0. The Labute approximate surface area is 169 Å². The third-order valence-electron chi connectivity index (χ3n) is 4.32. The van der Waals surface area contributed by atoms with Gasteiger partial charge in [-0.1, -0.05) is 54.6 Å². The number of methoxy groups -OCH3 is 1. The number of carbonyl (C=O) groups is 1. The van der Waals surface area contributed by atoms with Crippen LogP contribution in [0.15, 0.2) is 72.8 Å². The van der Waals surface area contributed by atoms with Crippen molar-refractivity contribution in [1.29, 1.82) is 5.26 Å². The number of carboxylic acid groups (broad SMARTS) is 1. The summed E-state index contributed by atoms with van der Waals surface area (Å²) in [5, 5.41) is 18.6. The van der Waals surface area contributed by atoms with Crippen LogP contribution in [0.5, 0.6) is 11.5 Å². The zero-order chi connectivity index (χ0) is 20.6. The average Bonchev–Trinajstić information content (AvgIpc) is 2.77. The van der Waals surface area contributed by atoms with Crippen LogP contribution in [0.25, 0.3) is 11.6 Å². The normalized spacial score (nSPS) is 10.8. The molecular formula is C24H19NO4. The van der Waals surface area contributed by atoms with Gasteiger partial charge in [-0.3, -0.25) is 0 Å². The van der Waals surface area contributed by atoms with Crippen molar-refractivity contribution in [1.82, 2.24) is 0 Å². The quantitative estimate of drug-likeness (QED) is 0.455. The van der Waals surface area contributed by atoms with E-state index in [1.54, 1.807) is 31.4 Å². The maximum atomic E-state index is 11.0. The fourth-order valence-electron chi connectivity index (χ4n) is 2.81. The van der Waals surface area contributed by atoms with Gasteiger partial charge in [0.25, 0.3) is 0 Å². The van der Waals surface area contributed by atoms with E-state index in [-0.39, 0.29) is 12.2 Å². The Balaban J connectivity index is 1.91. The molecule has 0 atom stereocenters. The van der Waals surface area contributed by atoms with Crippen LogP contribution in [-0.4, -0.2) is 18.2 Å².